The van der Waals surface area contributed by atoms with Crippen molar-refractivity contribution in [3.05, 3.63) is 88.6 Å². The predicted molar refractivity (Wildman–Crippen MR) is 132 cm³/mol. The van der Waals surface area contributed by atoms with Gasteiger partial charge < -0.3 is 5.32 Å². The number of nitrogens with one attached hydrogen (secondary N) is 1. The molecule has 1 N–H and O–H groups in total. The van der Waals surface area contributed by atoms with Crippen LogP contribution < -0.4 is 5.32 Å². The number of aryl methyl sites for hydroxylation is 1. The van der Waals surface area contributed by atoms with Crippen LogP contribution in [-0.4, -0.2) is 30.8 Å². The first kappa shape index (κ1) is 24.3. The molecule has 1 atom stereocenters. The number of nitriles is 1. The van der Waals surface area contributed by atoms with E-state index in [9.17, 15) is 18.0 Å². The summed E-state index contributed by atoms with van der Waals surface area (Å²) in [6.45, 7) is 3.50. The molecule has 0 saturated heterocycles. The maximum Gasteiger partial charge on any atom is 0.229 e. The number of nitrogens with zero attached hydrogens (tertiary/aromatic N) is 2. The third-order valence-electron chi connectivity index (χ3n) is 6.53. The van der Waals surface area contributed by atoms with Gasteiger partial charge in [0.2, 0.25) is 5.91 Å². The average molecular weight is 488 g/mol. The van der Waals surface area contributed by atoms with Crippen molar-refractivity contribution >= 4 is 27.3 Å². The largest absolute Gasteiger partial charge is 0.310 e. The molecule has 0 saturated carbocycles. The third kappa shape index (κ3) is 4.86. The first-order chi connectivity index (χ1) is 16.7. The van der Waals surface area contributed by atoms with Gasteiger partial charge in [-0.25, -0.2) is 13.4 Å². The smallest absolute Gasteiger partial charge is 0.229 e. The Morgan fingerprint density at radius 2 is 1.77 bits per heavy atom. The highest BCUT2D eigenvalue weighted by molar-refractivity contribution is 7.91. The lowest BCUT2D eigenvalue weighted by Crippen LogP contribution is -2.38. The molecule has 1 amide bonds. The lowest BCUT2D eigenvalue weighted by Gasteiger charge is -2.33. The van der Waals surface area contributed by atoms with E-state index in [1.165, 1.54) is 12.1 Å². The summed E-state index contributed by atoms with van der Waals surface area (Å²) in [4.78, 5) is 30.6. The number of pyridine rings is 1. The van der Waals surface area contributed by atoms with Crippen molar-refractivity contribution in [1.29, 1.82) is 5.26 Å². The van der Waals surface area contributed by atoms with Crippen molar-refractivity contribution < 1.29 is 18.0 Å². The maximum absolute atomic E-state index is 13.4. The lowest BCUT2D eigenvalue weighted by molar-refractivity contribution is -0.115. The molecule has 35 heavy (non-hydrogen) atoms. The summed E-state index contributed by atoms with van der Waals surface area (Å²) < 4.78 is 23.9. The van der Waals surface area contributed by atoms with E-state index in [1.807, 2.05) is 19.1 Å². The second kappa shape index (κ2) is 9.43. The maximum atomic E-state index is 13.4. The van der Waals surface area contributed by atoms with Crippen LogP contribution in [0, 0.1) is 11.3 Å². The van der Waals surface area contributed by atoms with E-state index in [1.54, 1.807) is 43.3 Å². The summed E-state index contributed by atoms with van der Waals surface area (Å²) in [5.74, 6) is 0.0733. The minimum Gasteiger partial charge on any atom is -0.310 e. The van der Waals surface area contributed by atoms with Crippen LogP contribution in [0.3, 0.4) is 0 Å². The zero-order valence-corrected chi connectivity index (χ0v) is 20.4. The summed E-state index contributed by atoms with van der Waals surface area (Å²) in [5, 5.41) is 11.8. The van der Waals surface area contributed by atoms with Gasteiger partial charge in [0.15, 0.2) is 15.6 Å². The number of Topliss-reactive ketones (excluding diaryl/α,β-unsaturated/α-hetero) is 1. The molecule has 4 rings (SSSR count). The number of rotatable bonds is 6. The monoisotopic (exact) mass is 487 g/mol. The van der Waals surface area contributed by atoms with Crippen molar-refractivity contribution in [2.24, 2.45) is 0 Å². The molecule has 8 heteroatoms. The summed E-state index contributed by atoms with van der Waals surface area (Å²) in [6.07, 6.45) is 1.22. The number of sulfone groups is 1. The molecule has 0 fully saturated rings. The van der Waals surface area contributed by atoms with Crippen LogP contribution in [0.25, 0.3) is 0 Å². The van der Waals surface area contributed by atoms with Gasteiger partial charge in [-0.05, 0) is 67.3 Å². The number of amides is 1. The Morgan fingerprint density at radius 1 is 1.09 bits per heavy atom. The minimum absolute atomic E-state index is 0.0198. The van der Waals surface area contributed by atoms with E-state index in [-0.39, 0.29) is 28.8 Å². The third-order valence-corrected chi connectivity index (χ3v) is 8.28. The van der Waals surface area contributed by atoms with Gasteiger partial charge in [0, 0.05) is 5.56 Å². The molecule has 178 valence electrons. The summed E-state index contributed by atoms with van der Waals surface area (Å²) in [5.41, 5.74) is 2.57. The minimum atomic E-state index is -3.29. The fourth-order valence-electron chi connectivity index (χ4n) is 4.29. The number of carbonyl (C=O) groups is 2. The average Bonchev–Trinajstić information content (AvgIpc) is 2.86. The molecular formula is C27H25N3O4S. The van der Waals surface area contributed by atoms with E-state index < -0.39 is 15.3 Å². The first-order valence-electron chi connectivity index (χ1n) is 11.3. The van der Waals surface area contributed by atoms with Crippen LogP contribution in [0.5, 0.6) is 0 Å². The molecule has 0 aliphatic heterocycles. The summed E-state index contributed by atoms with van der Waals surface area (Å²) in [6, 6.07) is 18.8. The van der Waals surface area contributed by atoms with Gasteiger partial charge in [-0.2, -0.15) is 5.26 Å². The molecule has 0 spiro atoms. The molecule has 2 aromatic carbocycles. The van der Waals surface area contributed by atoms with Crippen molar-refractivity contribution in [3.63, 3.8) is 0 Å². The molecule has 1 unspecified atom stereocenters. The number of benzene rings is 2. The number of fused-ring (bicyclic) bond motifs is 1. The topological polar surface area (TPSA) is 117 Å². The van der Waals surface area contributed by atoms with Gasteiger partial charge >= 0.3 is 0 Å². The SMILES string of the molecule is CCS(=O)(=O)c1ccc(CC(=O)Nc2ccc3c(n2)CCC(C)(c2ccc(C#N)cc2)C3=O)cc1. The standard InChI is InChI=1S/C27H25N3O4S/c1-3-35(33,34)21-10-6-18(7-11-21)16-25(31)30-24-13-12-22-23(29-24)14-15-27(2,26(22)32)20-8-4-19(17-28)5-9-20/h4-13H,3,14-16H2,1-2H3,(H,29,30,31). The van der Waals surface area contributed by atoms with Crippen molar-refractivity contribution in [2.75, 3.05) is 11.1 Å². The lowest BCUT2D eigenvalue weighted by atomic mass is 9.69. The second-order valence-corrected chi connectivity index (χ2v) is 11.1. The normalized spacial score (nSPS) is 17.3. The highest BCUT2D eigenvalue weighted by Gasteiger charge is 2.40. The molecular weight excluding hydrogens is 462 g/mol. The Bertz CT molecular complexity index is 1440. The van der Waals surface area contributed by atoms with E-state index in [0.717, 1.165) is 5.56 Å². The fraction of sp³-hybridized carbons (Fsp3) is 0.259. The van der Waals surface area contributed by atoms with Crippen molar-refractivity contribution in [3.8, 4) is 6.07 Å². The van der Waals surface area contributed by atoms with E-state index in [4.69, 9.17) is 5.26 Å². The molecule has 0 radical (unpaired) electrons. The number of aromatic nitrogens is 1. The van der Waals surface area contributed by atoms with Crippen LogP contribution in [0.1, 0.15) is 53.0 Å². The Hall–Kier alpha value is -3.83. The number of hydrogen-bond donors (Lipinski definition) is 1. The van der Waals surface area contributed by atoms with Crippen LogP contribution in [0.4, 0.5) is 5.82 Å². The highest BCUT2D eigenvalue weighted by atomic mass is 32.2. The Balaban J connectivity index is 1.46. The van der Waals surface area contributed by atoms with Crippen LogP contribution in [0.2, 0.25) is 0 Å². The quantitative estimate of drug-likeness (QED) is 0.561. The number of ketones is 1. The molecule has 0 bridgehead atoms. The fourth-order valence-corrected chi connectivity index (χ4v) is 5.17. The van der Waals surface area contributed by atoms with Gasteiger partial charge in [0.25, 0.3) is 0 Å². The van der Waals surface area contributed by atoms with Gasteiger partial charge in [-0.1, -0.05) is 31.2 Å². The van der Waals surface area contributed by atoms with Gasteiger partial charge in [-0.3, -0.25) is 9.59 Å². The Labute approximate surface area is 204 Å². The number of anilines is 1. The molecule has 1 aromatic heterocycles. The van der Waals surface area contributed by atoms with E-state index >= 15 is 0 Å². The van der Waals surface area contributed by atoms with Gasteiger partial charge in [-0.15, -0.1) is 0 Å². The Morgan fingerprint density at radius 3 is 2.40 bits per heavy atom. The highest BCUT2D eigenvalue weighted by Crippen LogP contribution is 2.38. The van der Waals surface area contributed by atoms with Gasteiger partial charge in [0.1, 0.15) is 5.82 Å². The van der Waals surface area contributed by atoms with Gasteiger partial charge in [0.05, 0.1) is 39.8 Å². The van der Waals surface area contributed by atoms with E-state index in [0.29, 0.717) is 41.0 Å². The summed E-state index contributed by atoms with van der Waals surface area (Å²) >= 11 is 0. The zero-order valence-electron chi connectivity index (χ0n) is 19.5. The predicted octanol–water partition coefficient (Wildman–Crippen LogP) is 4.01. The number of hydrogen-bond acceptors (Lipinski definition) is 6. The molecule has 1 aliphatic rings. The van der Waals surface area contributed by atoms with Crippen molar-refractivity contribution in [1.82, 2.24) is 4.98 Å². The van der Waals surface area contributed by atoms with Crippen LogP contribution in [0.15, 0.2) is 65.6 Å². The molecule has 1 heterocycles. The van der Waals surface area contributed by atoms with Crippen molar-refractivity contribution in [2.45, 2.75) is 43.4 Å². The second-order valence-electron chi connectivity index (χ2n) is 8.81. The number of carbonyl (C=O) groups excluding carboxylic acids is 2. The molecule has 7 nitrogen and oxygen atoms in total. The molecule has 3 aromatic rings. The zero-order chi connectivity index (χ0) is 25.2. The van der Waals surface area contributed by atoms with E-state index in [2.05, 4.69) is 16.4 Å². The molecule has 1 aliphatic carbocycles. The Kier molecular flexibility index (Phi) is 6.55. The van der Waals surface area contributed by atoms with Crippen LogP contribution >= 0.6 is 0 Å². The first-order valence-corrected chi connectivity index (χ1v) is 13.0. The van der Waals surface area contributed by atoms with Crippen LogP contribution in [-0.2, 0) is 32.9 Å². The summed E-state index contributed by atoms with van der Waals surface area (Å²) in [7, 11) is -3.29.